The molecule has 1 aliphatic rings. The molecule has 0 saturated heterocycles. The third-order valence-corrected chi connectivity index (χ3v) is 2.51. The summed E-state index contributed by atoms with van der Waals surface area (Å²) in [5, 5.41) is 0. The predicted octanol–water partition coefficient (Wildman–Crippen LogP) is 1.09. The average molecular weight is 178 g/mol. The van der Waals surface area contributed by atoms with Crippen LogP contribution in [0.5, 0.6) is 5.75 Å². The van der Waals surface area contributed by atoms with Gasteiger partial charge in [0.25, 0.3) is 0 Å². The Balaban J connectivity index is 2.45. The summed E-state index contributed by atoms with van der Waals surface area (Å²) in [6.07, 6.45) is 0.993. The zero-order valence-corrected chi connectivity index (χ0v) is 7.49. The van der Waals surface area contributed by atoms with Crippen molar-refractivity contribution < 1.29 is 4.74 Å². The van der Waals surface area contributed by atoms with Crippen molar-refractivity contribution in [1.82, 2.24) is 0 Å². The van der Waals surface area contributed by atoms with Gasteiger partial charge in [-0.2, -0.15) is 0 Å². The molecule has 13 heavy (non-hydrogen) atoms. The highest BCUT2D eigenvalue weighted by Crippen LogP contribution is 2.36. The van der Waals surface area contributed by atoms with E-state index in [4.69, 9.17) is 16.2 Å². The van der Waals surface area contributed by atoms with Crippen molar-refractivity contribution in [3.63, 3.8) is 0 Å². The molecule has 3 heteroatoms. The number of rotatable bonds is 1. The van der Waals surface area contributed by atoms with Crippen LogP contribution in [0.15, 0.2) is 18.2 Å². The lowest BCUT2D eigenvalue weighted by atomic mass is 9.93. The fraction of sp³-hybridized carbons (Fsp3) is 0.400. The molecule has 0 radical (unpaired) electrons. The van der Waals surface area contributed by atoms with E-state index in [1.807, 2.05) is 18.2 Å². The summed E-state index contributed by atoms with van der Waals surface area (Å²) in [6, 6.07) is 5.85. The molecule has 0 fully saturated rings. The number of nitrogens with two attached hydrogens (primary N) is 2. The lowest BCUT2D eigenvalue weighted by Crippen LogP contribution is -2.21. The topological polar surface area (TPSA) is 61.3 Å². The first-order valence-corrected chi connectivity index (χ1v) is 4.54. The first-order chi connectivity index (χ1) is 6.33. The second-order valence-corrected chi connectivity index (χ2v) is 3.34. The van der Waals surface area contributed by atoms with E-state index in [-0.39, 0.29) is 0 Å². The standard InChI is InChI=1S/C10H14N2O/c11-6-7-4-5-13-10-8(7)2-1-3-9(10)12/h1-3,7H,4-6,11-12H2. The maximum Gasteiger partial charge on any atom is 0.145 e. The summed E-state index contributed by atoms with van der Waals surface area (Å²) in [7, 11) is 0. The van der Waals surface area contributed by atoms with E-state index in [1.54, 1.807) is 0 Å². The quantitative estimate of drug-likeness (QED) is 0.633. The molecule has 0 aliphatic carbocycles. The first-order valence-electron chi connectivity index (χ1n) is 4.54. The molecule has 1 heterocycles. The predicted molar refractivity (Wildman–Crippen MR) is 52.8 cm³/mol. The molecule has 0 saturated carbocycles. The maximum absolute atomic E-state index is 5.79. The van der Waals surface area contributed by atoms with Gasteiger partial charge in [-0.15, -0.1) is 0 Å². The third-order valence-electron chi connectivity index (χ3n) is 2.51. The molecule has 0 amide bonds. The van der Waals surface area contributed by atoms with Crippen LogP contribution in [0.25, 0.3) is 0 Å². The minimum Gasteiger partial charge on any atom is -0.491 e. The van der Waals surface area contributed by atoms with E-state index < -0.39 is 0 Å². The number of para-hydroxylation sites is 1. The van der Waals surface area contributed by atoms with Gasteiger partial charge < -0.3 is 16.2 Å². The molecule has 1 aromatic carbocycles. The Bertz CT molecular complexity index is 312. The number of hydrogen-bond acceptors (Lipinski definition) is 3. The van der Waals surface area contributed by atoms with Gasteiger partial charge in [0.2, 0.25) is 0 Å². The Morgan fingerprint density at radius 2 is 2.31 bits per heavy atom. The molecular weight excluding hydrogens is 164 g/mol. The normalized spacial score (nSPS) is 20.5. The van der Waals surface area contributed by atoms with E-state index in [1.165, 1.54) is 0 Å². The van der Waals surface area contributed by atoms with E-state index in [0.717, 1.165) is 30.0 Å². The number of anilines is 1. The van der Waals surface area contributed by atoms with Gasteiger partial charge in [-0.3, -0.25) is 0 Å². The summed E-state index contributed by atoms with van der Waals surface area (Å²) in [6.45, 7) is 1.39. The molecule has 0 spiro atoms. The van der Waals surface area contributed by atoms with Crippen LogP contribution in [0.1, 0.15) is 17.9 Å². The summed E-state index contributed by atoms with van der Waals surface area (Å²) in [5.41, 5.74) is 13.3. The molecule has 70 valence electrons. The Kier molecular flexibility index (Phi) is 2.10. The molecule has 3 nitrogen and oxygen atoms in total. The average Bonchev–Trinajstić information content (AvgIpc) is 2.18. The molecular formula is C10H14N2O. The highest BCUT2D eigenvalue weighted by molar-refractivity contribution is 5.58. The van der Waals surface area contributed by atoms with Crippen LogP contribution in [-0.4, -0.2) is 13.2 Å². The van der Waals surface area contributed by atoms with Gasteiger partial charge in [0.1, 0.15) is 5.75 Å². The van der Waals surface area contributed by atoms with Crippen LogP contribution in [0.3, 0.4) is 0 Å². The van der Waals surface area contributed by atoms with Gasteiger partial charge in [-0.05, 0) is 19.0 Å². The Morgan fingerprint density at radius 3 is 3.08 bits per heavy atom. The summed E-state index contributed by atoms with van der Waals surface area (Å²) in [5.74, 6) is 1.25. The zero-order chi connectivity index (χ0) is 9.26. The highest BCUT2D eigenvalue weighted by Gasteiger charge is 2.21. The van der Waals surface area contributed by atoms with Gasteiger partial charge in [0.05, 0.1) is 12.3 Å². The van der Waals surface area contributed by atoms with Crippen LogP contribution in [0.4, 0.5) is 5.69 Å². The molecule has 0 aromatic heterocycles. The van der Waals surface area contributed by atoms with E-state index in [2.05, 4.69) is 0 Å². The van der Waals surface area contributed by atoms with Gasteiger partial charge >= 0.3 is 0 Å². The fourth-order valence-electron chi connectivity index (χ4n) is 1.77. The second kappa shape index (κ2) is 3.26. The van der Waals surface area contributed by atoms with Gasteiger partial charge in [-0.25, -0.2) is 0 Å². The lowest BCUT2D eigenvalue weighted by Gasteiger charge is -2.25. The molecule has 1 aromatic rings. The molecule has 2 rings (SSSR count). The van der Waals surface area contributed by atoms with E-state index in [9.17, 15) is 0 Å². The van der Waals surface area contributed by atoms with Crippen molar-refractivity contribution in [2.75, 3.05) is 18.9 Å². The fourth-order valence-corrected chi connectivity index (χ4v) is 1.77. The summed E-state index contributed by atoms with van der Waals surface area (Å²) < 4.78 is 5.51. The van der Waals surface area contributed by atoms with Gasteiger partial charge in [0, 0.05) is 11.5 Å². The monoisotopic (exact) mass is 178 g/mol. The largest absolute Gasteiger partial charge is 0.491 e. The molecule has 1 aliphatic heterocycles. The van der Waals surface area contributed by atoms with Crippen molar-refractivity contribution in [3.05, 3.63) is 23.8 Å². The first kappa shape index (κ1) is 8.38. The van der Waals surface area contributed by atoms with Crippen LogP contribution in [0, 0.1) is 0 Å². The summed E-state index contributed by atoms with van der Waals surface area (Å²) >= 11 is 0. The SMILES string of the molecule is NCC1CCOc2c(N)cccc21. The van der Waals surface area contributed by atoms with Crippen molar-refractivity contribution in [3.8, 4) is 5.75 Å². The van der Waals surface area contributed by atoms with Crippen molar-refractivity contribution in [2.45, 2.75) is 12.3 Å². The molecule has 4 N–H and O–H groups in total. The Morgan fingerprint density at radius 1 is 1.46 bits per heavy atom. The van der Waals surface area contributed by atoms with Crippen molar-refractivity contribution in [1.29, 1.82) is 0 Å². The van der Waals surface area contributed by atoms with Crippen LogP contribution in [0.2, 0.25) is 0 Å². The zero-order valence-electron chi connectivity index (χ0n) is 7.49. The van der Waals surface area contributed by atoms with Gasteiger partial charge in [0.15, 0.2) is 0 Å². The number of fused-ring (bicyclic) bond motifs is 1. The lowest BCUT2D eigenvalue weighted by molar-refractivity contribution is 0.270. The second-order valence-electron chi connectivity index (χ2n) is 3.34. The van der Waals surface area contributed by atoms with E-state index >= 15 is 0 Å². The van der Waals surface area contributed by atoms with Crippen LogP contribution >= 0.6 is 0 Å². The molecule has 0 bridgehead atoms. The van der Waals surface area contributed by atoms with Crippen LogP contribution in [-0.2, 0) is 0 Å². The molecule has 1 atom stereocenters. The van der Waals surface area contributed by atoms with Crippen molar-refractivity contribution >= 4 is 5.69 Å². The number of benzene rings is 1. The minimum absolute atomic E-state index is 0.409. The smallest absolute Gasteiger partial charge is 0.145 e. The maximum atomic E-state index is 5.79. The van der Waals surface area contributed by atoms with E-state index in [0.29, 0.717) is 12.5 Å². The molecule has 1 unspecified atom stereocenters. The number of hydrogen-bond donors (Lipinski definition) is 2. The Hall–Kier alpha value is -1.22. The highest BCUT2D eigenvalue weighted by atomic mass is 16.5. The minimum atomic E-state index is 0.409. The van der Waals surface area contributed by atoms with Crippen molar-refractivity contribution in [2.24, 2.45) is 5.73 Å². The number of nitrogen functional groups attached to an aromatic ring is 1. The van der Waals surface area contributed by atoms with Gasteiger partial charge in [-0.1, -0.05) is 12.1 Å². The third kappa shape index (κ3) is 1.35. The Labute approximate surface area is 77.7 Å². The number of ether oxygens (including phenoxy) is 1. The van der Waals surface area contributed by atoms with Crippen LogP contribution < -0.4 is 16.2 Å². The summed E-state index contributed by atoms with van der Waals surface area (Å²) in [4.78, 5) is 0.